The highest BCUT2D eigenvalue weighted by Crippen LogP contribution is 2.44. The molecule has 2 fully saturated rings. The second-order valence-electron chi connectivity index (χ2n) is 9.78. The van der Waals surface area contributed by atoms with E-state index in [9.17, 15) is 5.26 Å². The number of ether oxygens (including phenoxy) is 2. The maximum atomic E-state index is 9.66. The molecule has 1 spiro atoms. The molecular weight excluding hydrogens is 426 g/mol. The van der Waals surface area contributed by atoms with Crippen molar-refractivity contribution in [3.05, 3.63) is 71.3 Å². The van der Waals surface area contributed by atoms with Crippen molar-refractivity contribution in [1.82, 2.24) is 19.8 Å². The zero-order valence-electron chi connectivity index (χ0n) is 19.5. The molecular formula is C27H29N5O2. The first-order chi connectivity index (χ1) is 16.6. The summed E-state index contributed by atoms with van der Waals surface area (Å²) in [4.78, 5) is 6.77. The monoisotopic (exact) mass is 455 g/mol. The Hall–Kier alpha value is -3.34. The van der Waals surface area contributed by atoms with Gasteiger partial charge in [0.2, 0.25) is 0 Å². The number of hydrogen-bond donors (Lipinski definition) is 1. The van der Waals surface area contributed by atoms with Gasteiger partial charge in [-0.2, -0.15) is 5.26 Å². The molecule has 1 unspecified atom stereocenters. The predicted octanol–water partition coefficient (Wildman–Crippen LogP) is 4.17. The molecule has 0 saturated carbocycles. The van der Waals surface area contributed by atoms with Gasteiger partial charge in [-0.3, -0.25) is 4.90 Å². The van der Waals surface area contributed by atoms with Crippen molar-refractivity contribution in [2.75, 3.05) is 26.2 Å². The molecule has 3 aromatic rings. The highest BCUT2D eigenvalue weighted by molar-refractivity contribution is 5.50. The Labute approximate surface area is 199 Å². The predicted molar refractivity (Wildman–Crippen MR) is 128 cm³/mol. The molecule has 174 valence electrons. The summed E-state index contributed by atoms with van der Waals surface area (Å²) in [6.45, 7) is 6.77. The molecule has 0 amide bonds. The number of nitrogens with zero attached hydrogens (tertiary/aromatic N) is 4. The molecule has 2 saturated heterocycles. The Morgan fingerprint density at radius 1 is 1.26 bits per heavy atom. The van der Waals surface area contributed by atoms with Gasteiger partial charge >= 0.3 is 0 Å². The molecule has 7 heteroatoms. The van der Waals surface area contributed by atoms with E-state index in [0.717, 1.165) is 55.4 Å². The second kappa shape index (κ2) is 8.46. The van der Waals surface area contributed by atoms with Crippen molar-refractivity contribution < 1.29 is 9.47 Å². The van der Waals surface area contributed by atoms with Gasteiger partial charge in [0.05, 0.1) is 18.5 Å². The minimum absolute atomic E-state index is 0.322. The van der Waals surface area contributed by atoms with Gasteiger partial charge in [-0.25, -0.2) is 4.98 Å². The smallest absolute Gasteiger partial charge is 0.145 e. The number of likely N-dealkylation sites (tertiary alicyclic amines) is 1. The SMILES string of the molecule is Cc1cncn1Cc1ccc(C#N)c(Oc2ccc3c(c2)C(N2CC4(CCCN4)C2)CCO3)c1. The third kappa shape index (κ3) is 3.83. The molecule has 3 aliphatic rings. The highest BCUT2D eigenvalue weighted by atomic mass is 16.5. The fraction of sp³-hybridized carbons (Fsp3) is 0.407. The molecule has 4 heterocycles. The molecule has 6 rings (SSSR count). The largest absolute Gasteiger partial charge is 0.493 e. The van der Waals surface area contributed by atoms with Gasteiger partial charge in [0.15, 0.2) is 0 Å². The topological polar surface area (TPSA) is 75.3 Å². The molecule has 7 nitrogen and oxygen atoms in total. The van der Waals surface area contributed by atoms with E-state index in [1.165, 1.54) is 18.4 Å². The molecule has 0 radical (unpaired) electrons. The quantitative estimate of drug-likeness (QED) is 0.623. The van der Waals surface area contributed by atoms with Gasteiger partial charge in [0, 0.05) is 55.1 Å². The summed E-state index contributed by atoms with van der Waals surface area (Å²) in [5.41, 5.74) is 4.17. The second-order valence-corrected chi connectivity index (χ2v) is 9.78. The number of benzene rings is 2. The van der Waals surface area contributed by atoms with Gasteiger partial charge in [-0.15, -0.1) is 0 Å². The summed E-state index contributed by atoms with van der Waals surface area (Å²) in [5.74, 6) is 2.24. The van der Waals surface area contributed by atoms with Crippen LogP contribution in [0.4, 0.5) is 0 Å². The lowest BCUT2D eigenvalue weighted by atomic mass is 9.84. The third-order valence-corrected chi connectivity index (χ3v) is 7.44. The maximum absolute atomic E-state index is 9.66. The van der Waals surface area contributed by atoms with Crippen LogP contribution in [-0.2, 0) is 6.54 Å². The highest BCUT2D eigenvalue weighted by Gasteiger charge is 2.47. The van der Waals surface area contributed by atoms with Crippen LogP contribution >= 0.6 is 0 Å². The first-order valence-corrected chi connectivity index (χ1v) is 12.1. The summed E-state index contributed by atoms with van der Waals surface area (Å²) in [6.07, 6.45) is 7.19. The minimum atomic E-state index is 0.322. The number of rotatable bonds is 5. The molecule has 1 aromatic heterocycles. The number of nitrogens with one attached hydrogen (secondary N) is 1. The number of fused-ring (bicyclic) bond motifs is 1. The van der Waals surface area contributed by atoms with Crippen molar-refractivity contribution in [3.63, 3.8) is 0 Å². The van der Waals surface area contributed by atoms with E-state index >= 15 is 0 Å². The standard InChI is InChI=1S/C27H29N5O2/c1-19-14-29-18-31(19)15-20-3-4-21(13-28)26(11-20)34-22-5-6-25-23(12-22)24(7-10-33-25)32-16-27(17-32)8-2-9-30-27/h3-6,11-12,14,18,24,30H,2,7-10,15-17H2,1H3. The van der Waals surface area contributed by atoms with Crippen molar-refractivity contribution >= 4 is 0 Å². The summed E-state index contributed by atoms with van der Waals surface area (Å²) < 4.78 is 14.3. The molecule has 1 N–H and O–H groups in total. The molecule has 0 aliphatic carbocycles. The third-order valence-electron chi connectivity index (χ3n) is 7.44. The first kappa shape index (κ1) is 21.2. The van der Waals surface area contributed by atoms with Crippen LogP contribution in [0, 0.1) is 18.3 Å². The first-order valence-electron chi connectivity index (χ1n) is 12.1. The molecule has 0 bridgehead atoms. The van der Waals surface area contributed by atoms with E-state index in [4.69, 9.17) is 9.47 Å². The van der Waals surface area contributed by atoms with Crippen LogP contribution in [0.2, 0.25) is 0 Å². The van der Waals surface area contributed by atoms with Gasteiger partial charge in [0.25, 0.3) is 0 Å². The fourth-order valence-corrected chi connectivity index (χ4v) is 5.61. The average molecular weight is 456 g/mol. The molecule has 34 heavy (non-hydrogen) atoms. The summed E-state index contributed by atoms with van der Waals surface area (Å²) in [7, 11) is 0. The Kier molecular flexibility index (Phi) is 5.28. The molecule has 1 atom stereocenters. The summed E-state index contributed by atoms with van der Waals surface area (Å²) in [6, 6.07) is 14.4. The normalized spacial score (nSPS) is 20.9. The van der Waals surface area contributed by atoms with Crippen LogP contribution in [0.25, 0.3) is 0 Å². The van der Waals surface area contributed by atoms with Crippen LogP contribution in [0.3, 0.4) is 0 Å². The van der Waals surface area contributed by atoms with Gasteiger partial charge in [-0.05, 0) is 62.2 Å². The number of aryl methyl sites for hydroxylation is 1. The van der Waals surface area contributed by atoms with Crippen LogP contribution < -0.4 is 14.8 Å². The van der Waals surface area contributed by atoms with E-state index in [1.807, 2.05) is 49.8 Å². The van der Waals surface area contributed by atoms with Crippen molar-refractivity contribution in [2.45, 2.75) is 44.3 Å². The fourth-order valence-electron chi connectivity index (χ4n) is 5.61. The van der Waals surface area contributed by atoms with Crippen molar-refractivity contribution in [1.29, 1.82) is 5.26 Å². The van der Waals surface area contributed by atoms with Gasteiger partial charge < -0.3 is 19.4 Å². The summed E-state index contributed by atoms with van der Waals surface area (Å²) >= 11 is 0. The van der Waals surface area contributed by atoms with E-state index in [1.54, 1.807) is 0 Å². The Morgan fingerprint density at radius 2 is 2.18 bits per heavy atom. The zero-order chi connectivity index (χ0) is 23.1. The zero-order valence-corrected chi connectivity index (χ0v) is 19.5. The maximum Gasteiger partial charge on any atom is 0.145 e. The Bertz CT molecular complexity index is 1250. The Morgan fingerprint density at radius 3 is 2.94 bits per heavy atom. The number of aromatic nitrogens is 2. The summed E-state index contributed by atoms with van der Waals surface area (Å²) in [5, 5.41) is 13.4. The van der Waals surface area contributed by atoms with Crippen LogP contribution in [0.5, 0.6) is 17.2 Å². The van der Waals surface area contributed by atoms with Gasteiger partial charge in [-0.1, -0.05) is 6.07 Å². The van der Waals surface area contributed by atoms with E-state index in [-0.39, 0.29) is 0 Å². The van der Waals surface area contributed by atoms with Crippen LogP contribution in [0.15, 0.2) is 48.9 Å². The molecule has 3 aliphatic heterocycles. The van der Waals surface area contributed by atoms with Crippen LogP contribution in [0.1, 0.15) is 47.7 Å². The van der Waals surface area contributed by atoms with E-state index < -0.39 is 0 Å². The average Bonchev–Trinajstić information content (AvgIpc) is 3.48. The number of hydrogen-bond acceptors (Lipinski definition) is 6. The van der Waals surface area contributed by atoms with E-state index in [0.29, 0.717) is 29.4 Å². The minimum Gasteiger partial charge on any atom is -0.493 e. The lowest BCUT2D eigenvalue weighted by Crippen LogP contribution is -2.67. The lowest BCUT2D eigenvalue weighted by Gasteiger charge is -2.52. The van der Waals surface area contributed by atoms with E-state index in [2.05, 4.69) is 31.9 Å². The Balaban J connectivity index is 1.24. The van der Waals surface area contributed by atoms with Crippen molar-refractivity contribution in [3.8, 4) is 23.3 Å². The number of nitriles is 1. The van der Waals surface area contributed by atoms with Crippen molar-refractivity contribution in [2.24, 2.45) is 0 Å². The lowest BCUT2D eigenvalue weighted by molar-refractivity contribution is 0.00125. The van der Waals surface area contributed by atoms with Gasteiger partial charge in [0.1, 0.15) is 23.3 Å². The molecule has 2 aromatic carbocycles. The van der Waals surface area contributed by atoms with Crippen LogP contribution in [-0.4, -0.2) is 46.2 Å². The number of imidazole rings is 1.